The lowest BCUT2D eigenvalue weighted by atomic mass is 9.98. The summed E-state index contributed by atoms with van der Waals surface area (Å²) in [5.41, 5.74) is -0.702. The number of amides is 1. The van der Waals surface area contributed by atoms with Gasteiger partial charge in [-0.15, -0.1) is 0 Å². The van der Waals surface area contributed by atoms with Crippen LogP contribution in [0.15, 0.2) is 48.8 Å². The highest BCUT2D eigenvalue weighted by molar-refractivity contribution is 5.95. The number of piperidine rings is 1. The quantitative estimate of drug-likeness (QED) is 0.802. The predicted molar refractivity (Wildman–Crippen MR) is 92.3 cm³/mol. The summed E-state index contributed by atoms with van der Waals surface area (Å²) in [6.45, 7) is 0. The van der Waals surface area contributed by atoms with Gasteiger partial charge in [-0.2, -0.15) is 13.2 Å². The van der Waals surface area contributed by atoms with Crippen LogP contribution in [0, 0.1) is 0 Å². The number of carbonyl (C=O) groups excluding carboxylic acids is 1. The van der Waals surface area contributed by atoms with Gasteiger partial charge in [-0.05, 0) is 43.2 Å². The first-order valence-corrected chi connectivity index (χ1v) is 8.98. The molecule has 2 bridgehead atoms. The zero-order chi connectivity index (χ0) is 19.0. The molecule has 0 N–H and O–H groups in total. The molecule has 1 aromatic carbocycles. The van der Waals surface area contributed by atoms with Crippen molar-refractivity contribution in [2.45, 2.75) is 50.0 Å². The van der Waals surface area contributed by atoms with E-state index in [4.69, 9.17) is 4.74 Å². The van der Waals surface area contributed by atoms with E-state index < -0.39 is 11.7 Å². The number of halogens is 3. The van der Waals surface area contributed by atoms with E-state index in [9.17, 15) is 18.0 Å². The lowest BCUT2D eigenvalue weighted by molar-refractivity contribution is -0.137. The second-order valence-electron chi connectivity index (χ2n) is 7.07. The van der Waals surface area contributed by atoms with Crippen LogP contribution in [0.4, 0.5) is 13.2 Å². The van der Waals surface area contributed by atoms with Gasteiger partial charge in [0.05, 0.1) is 5.56 Å². The average molecular weight is 376 g/mol. The Bertz CT molecular complexity index is 811. The normalized spacial score (nSPS) is 24.7. The minimum atomic E-state index is -4.46. The molecule has 0 radical (unpaired) electrons. The average Bonchev–Trinajstić information content (AvgIpc) is 2.92. The van der Waals surface area contributed by atoms with Crippen molar-refractivity contribution in [2.24, 2.45) is 0 Å². The molecular formula is C20H19F3N2O2. The number of hydrogen-bond acceptors (Lipinski definition) is 3. The minimum Gasteiger partial charge on any atom is -0.490 e. The van der Waals surface area contributed by atoms with E-state index in [0.29, 0.717) is 12.8 Å². The number of aromatic nitrogens is 1. The van der Waals surface area contributed by atoms with Crippen LogP contribution < -0.4 is 4.74 Å². The maximum Gasteiger partial charge on any atom is 0.416 e. The molecule has 0 spiro atoms. The van der Waals surface area contributed by atoms with Crippen LogP contribution in [0.3, 0.4) is 0 Å². The molecule has 3 heterocycles. The number of benzene rings is 1. The smallest absolute Gasteiger partial charge is 0.416 e. The first-order chi connectivity index (χ1) is 12.9. The van der Waals surface area contributed by atoms with Gasteiger partial charge < -0.3 is 9.64 Å². The Morgan fingerprint density at radius 2 is 1.74 bits per heavy atom. The van der Waals surface area contributed by atoms with Gasteiger partial charge in [0.1, 0.15) is 11.9 Å². The Morgan fingerprint density at radius 3 is 2.37 bits per heavy atom. The number of carbonyl (C=O) groups is 1. The topological polar surface area (TPSA) is 42.4 Å². The maximum absolute atomic E-state index is 13.0. The van der Waals surface area contributed by atoms with Gasteiger partial charge in [0.25, 0.3) is 5.91 Å². The summed E-state index contributed by atoms with van der Waals surface area (Å²) in [4.78, 5) is 18.6. The summed E-state index contributed by atoms with van der Waals surface area (Å²) in [6.07, 6.45) is 1.94. The molecule has 2 unspecified atom stereocenters. The third-order valence-electron chi connectivity index (χ3n) is 5.31. The van der Waals surface area contributed by atoms with E-state index >= 15 is 0 Å². The Morgan fingerprint density at radius 1 is 1.07 bits per heavy atom. The Labute approximate surface area is 155 Å². The predicted octanol–water partition coefficient (Wildman–Crippen LogP) is 4.32. The van der Waals surface area contributed by atoms with Gasteiger partial charge in [0.2, 0.25) is 0 Å². The van der Waals surface area contributed by atoms with Gasteiger partial charge in [-0.1, -0.05) is 6.07 Å². The van der Waals surface area contributed by atoms with Crippen LogP contribution in [0.5, 0.6) is 5.75 Å². The molecule has 2 aromatic rings. The molecule has 2 fully saturated rings. The molecule has 142 valence electrons. The fourth-order valence-corrected chi connectivity index (χ4v) is 4.14. The summed E-state index contributed by atoms with van der Waals surface area (Å²) in [7, 11) is 0. The standard InChI is InChI=1S/C20H19F3N2O2/c21-20(22,23)14-3-1-2-13(10-14)19(26)25-15-4-5-16(25)12-18(11-15)27-17-6-8-24-9-7-17/h1-3,6-10,15-16,18H,4-5,11-12H2. The molecule has 4 nitrogen and oxygen atoms in total. The lowest BCUT2D eigenvalue weighted by Gasteiger charge is -2.39. The zero-order valence-electron chi connectivity index (χ0n) is 14.5. The Balaban J connectivity index is 1.49. The van der Waals surface area contributed by atoms with E-state index in [0.717, 1.165) is 30.7 Å². The van der Waals surface area contributed by atoms with E-state index in [-0.39, 0.29) is 29.7 Å². The van der Waals surface area contributed by atoms with Crippen LogP contribution in [-0.2, 0) is 6.18 Å². The molecular weight excluding hydrogens is 357 g/mol. The fraction of sp³-hybridized carbons (Fsp3) is 0.400. The first-order valence-electron chi connectivity index (χ1n) is 8.98. The van der Waals surface area contributed by atoms with Crippen molar-refractivity contribution in [3.05, 3.63) is 59.9 Å². The number of fused-ring (bicyclic) bond motifs is 2. The largest absolute Gasteiger partial charge is 0.490 e. The van der Waals surface area contributed by atoms with Crippen LogP contribution in [0.25, 0.3) is 0 Å². The number of nitrogens with zero attached hydrogens (tertiary/aromatic N) is 2. The first kappa shape index (κ1) is 17.8. The van der Waals surface area contributed by atoms with Crippen LogP contribution in [0.1, 0.15) is 41.6 Å². The number of ether oxygens (including phenoxy) is 1. The monoisotopic (exact) mass is 376 g/mol. The molecule has 2 aliphatic heterocycles. The number of pyridine rings is 1. The molecule has 0 aliphatic carbocycles. The van der Waals surface area contributed by atoms with Crippen molar-refractivity contribution in [1.82, 2.24) is 9.88 Å². The van der Waals surface area contributed by atoms with Crippen molar-refractivity contribution in [1.29, 1.82) is 0 Å². The summed E-state index contributed by atoms with van der Waals surface area (Å²) in [5.74, 6) is 0.419. The van der Waals surface area contributed by atoms with E-state index in [1.54, 1.807) is 29.4 Å². The minimum absolute atomic E-state index is 0.00219. The molecule has 4 rings (SSSR count). The third-order valence-corrected chi connectivity index (χ3v) is 5.31. The van der Waals surface area contributed by atoms with Gasteiger partial charge in [0.15, 0.2) is 0 Å². The highest BCUT2D eigenvalue weighted by Crippen LogP contribution is 2.38. The fourth-order valence-electron chi connectivity index (χ4n) is 4.14. The Kier molecular flexibility index (Phi) is 4.53. The van der Waals surface area contributed by atoms with Gasteiger partial charge in [-0.25, -0.2) is 0 Å². The van der Waals surface area contributed by atoms with Crippen LogP contribution >= 0.6 is 0 Å². The van der Waals surface area contributed by atoms with Gasteiger partial charge in [-0.3, -0.25) is 9.78 Å². The third kappa shape index (κ3) is 3.63. The molecule has 0 saturated carbocycles. The van der Waals surface area contributed by atoms with Gasteiger partial charge >= 0.3 is 6.18 Å². The molecule has 27 heavy (non-hydrogen) atoms. The molecule has 1 amide bonds. The number of hydrogen-bond donors (Lipinski definition) is 0. The molecule has 2 aliphatic rings. The summed E-state index contributed by atoms with van der Waals surface area (Å²) < 4.78 is 44.9. The van der Waals surface area contributed by atoms with Crippen molar-refractivity contribution in [2.75, 3.05) is 0 Å². The van der Waals surface area contributed by atoms with Crippen molar-refractivity contribution < 1.29 is 22.7 Å². The second-order valence-corrected chi connectivity index (χ2v) is 7.07. The highest BCUT2D eigenvalue weighted by Gasteiger charge is 2.44. The lowest BCUT2D eigenvalue weighted by Crippen LogP contribution is -2.49. The van der Waals surface area contributed by atoms with Crippen LogP contribution in [-0.4, -0.2) is 34.0 Å². The van der Waals surface area contributed by atoms with E-state index in [1.807, 2.05) is 0 Å². The zero-order valence-corrected chi connectivity index (χ0v) is 14.5. The highest BCUT2D eigenvalue weighted by atomic mass is 19.4. The SMILES string of the molecule is O=C(c1cccc(C(F)(F)F)c1)N1C2CCC1CC(Oc1ccncc1)C2. The number of rotatable bonds is 3. The molecule has 2 atom stereocenters. The van der Waals surface area contributed by atoms with Crippen molar-refractivity contribution in [3.63, 3.8) is 0 Å². The van der Waals surface area contributed by atoms with Crippen molar-refractivity contribution in [3.8, 4) is 5.75 Å². The molecule has 7 heteroatoms. The van der Waals surface area contributed by atoms with E-state index in [2.05, 4.69) is 4.98 Å². The van der Waals surface area contributed by atoms with E-state index in [1.165, 1.54) is 12.1 Å². The molecule has 2 saturated heterocycles. The summed E-state index contributed by atoms with van der Waals surface area (Å²) >= 11 is 0. The molecule has 1 aromatic heterocycles. The maximum atomic E-state index is 13.0. The van der Waals surface area contributed by atoms with Crippen molar-refractivity contribution >= 4 is 5.91 Å². The summed E-state index contributed by atoms with van der Waals surface area (Å²) in [6, 6.07) is 8.26. The summed E-state index contributed by atoms with van der Waals surface area (Å²) in [5, 5.41) is 0. The Hall–Kier alpha value is -2.57. The number of alkyl halides is 3. The van der Waals surface area contributed by atoms with Crippen LogP contribution in [0.2, 0.25) is 0 Å². The van der Waals surface area contributed by atoms with Gasteiger partial charge in [0, 0.05) is 42.9 Å². The second kappa shape index (κ2) is 6.87.